The number of amides is 1. The van der Waals surface area contributed by atoms with Crippen LogP contribution in [-0.2, 0) is 4.79 Å². The molecule has 0 bridgehead atoms. The summed E-state index contributed by atoms with van der Waals surface area (Å²) in [7, 11) is 3.48. The molecule has 5 nitrogen and oxygen atoms in total. The second-order valence-electron chi connectivity index (χ2n) is 5.74. The molecule has 1 aliphatic rings. The van der Waals surface area contributed by atoms with Crippen LogP contribution in [0.1, 0.15) is 32.6 Å². The highest BCUT2D eigenvalue weighted by atomic mass is 127. The van der Waals surface area contributed by atoms with Crippen molar-refractivity contribution < 1.29 is 4.79 Å². The molecule has 0 aromatic heterocycles. The molecule has 0 spiro atoms. The summed E-state index contributed by atoms with van der Waals surface area (Å²) in [5, 5.41) is 6.61. The van der Waals surface area contributed by atoms with Crippen LogP contribution >= 0.6 is 24.0 Å². The van der Waals surface area contributed by atoms with Crippen molar-refractivity contribution in [2.75, 3.05) is 27.2 Å². The van der Waals surface area contributed by atoms with Gasteiger partial charge >= 0.3 is 0 Å². The molecule has 21 heavy (non-hydrogen) atoms. The van der Waals surface area contributed by atoms with E-state index in [1.54, 1.807) is 25.1 Å². The number of rotatable bonds is 5. The minimum Gasteiger partial charge on any atom is -0.354 e. The van der Waals surface area contributed by atoms with Crippen LogP contribution in [0, 0.1) is 5.92 Å². The van der Waals surface area contributed by atoms with Gasteiger partial charge in [0.2, 0.25) is 5.91 Å². The largest absolute Gasteiger partial charge is 0.354 e. The van der Waals surface area contributed by atoms with Crippen LogP contribution in [0.15, 0.2) is 17.6 Å². The van der Waals surface area contributed by atoms with Gasteiger partial charge in [-0.05, 0) is 18.8 Å². The van der Waals surface area contributed by atoms with Gasteiger partial charge in [-0.25, -0.2) is 4.99 Å². The lowest BCUT2D eigenvalue weighted by Gasteiger charge is -2.28. The van der Waals surface area contributed by atoms with E-state index in [-0.39, 0.29) is 36.4 Å². The molecule has 2 N–H and O–H groups in total. The fourth-order valence-corrected chi connectivity index (χ4v) is 2.37. The number of hydrogen-bond acceptors (Lipinski definition) is 2. The first-order chi connectivity index (χ1) is 9.52. The summed E-state index contributed by atoms with van der Waals surface area (Å²) in [5.74, 6) is 1.46. The van der Waals surface area contributed by atoms with E-state index in [0.29, 0.717) is 18.5 Å². The molecule has 1 fully saturated rings. The highest BCUT2D eigenvalue weighted by Crippen LogP contribution is 2.23. The summed E-state index contributed by atoms with van der Waals surface area (Å²) in [5.41, 5.74) is 0. The number of hydrogen-bond donors (Lipinski definition) is 2. The molecule has 1 saturated carbocycles. The molecule has 1 amide bonds. The van der Waals surface area contributed by atoms with Crippen LogP contribution in [0.25, 0.3) is 0 Å². The first-order valence-corrected chi connectivity index (χ1v) is 7.38. The van der Waals surface area contributed by atoms with E-state index in [4.69, 9.17) is 0 Å². The average Bonchev–Trinajstić information content (AvgIpc) is 2.41. The number of nitrogens with one attached hydrogen (secondary N) is 2. The molecule has 122 valence electrons. The summed E-state index contributed by atoms with van der Waals surface area (Å²) < 4.78 is 0. The molecule has 0 aromatic rings. The van der Waals surface area contributed by atoms with Gasteiger partial charge in [-0.3, -0.25) is 4.79 Å². The van der Waals surface area contributed by atoms with Crippen LogP contribution in [0.3, 0.4) is 0 Å². The van der Waals surface area contributed by atoms with Gasteiger partial charge in [0.15, 0.2) is 5.96 Å². The zero-order valence-corrected chi connectivity index (χ0v) is 15.7. The summed E-state index contributed by atoms with van der Waals surface area (Å²) >= 11 is 0. The van der Waals surface area contributed by atoms with Crippen LogP contribution in [0.5, 0.6) is 0 Å². The van der Waals surface area contributed by atoms with Crippen LogP contribution in [0.2, 0.25) is 0 Å². The minimum absolute atomic E-state index is 0. The quantitative estimate of drug-likeness (QED) is 0.317. The van der Waals surface area contributed by atoms with Crippen molar-refractivity contribution in [3.8, 4) is 0 Å². The lowest BCUT2D eigenvalue weighted by Crippen LogP contribution is -2.45. The number of aliphatic imine (C=N–C) groups is 1. The maximum Gasteiger partial charge on any atom is 0.243 e. The van der Waals surface area contributed by atoms with Gasteiger partial charge in [-0.1, -0.05) is 25.8 Å². The molecule has 0 aromatic carbocycles. The molecule has 0 heterocycles. The summed E-state index contributed by atoms with van der Waals surface area (Å²) in [6.45, 7) is 6.80. The molecule has 1 rings (SSSR count). The molecule has 2 unspecified atom stereocenters. The third kappa shape index (κ3) is 8.28. The standard InChI is InChI=1S/C15H28N4O.HI/c1-5-9-16-15(17-11-14(20)19(3)4)18-13-8-6-7-12(2)10-13;/h5,12-13H,1,6-11H2,2-4H3,(H2,16,17,18);1H. The molecule has 0 saturated heterocycles. The summed E-state index contributed by atoms with van der Waals surface area (Å²) in [4.78, 5) is 17.5. The van der Waals surface area contributed by atoms with Gasteiger partial charge in [0, 0.05) is 26.7 Å². The van der Waals surface area contributed by atoms with Crippen molar-refractivity contribution in [2.45, 2.75) is 38.6 Å². The number of carbonyl (C=O) groups is 1. The Balaban J connectivity index is 0.00000400. The Morgan fingerprint density at radius 1 is 1.43 bits per heavy atom. The normalized spacial score (nSPS) is 22.0. The zero-order chi connectivity index (χ0) is 15.0. The molecule has 1 aliphatic carbocycles. The summed E-state index contributed by atoms with van der Waals surface area (Å²) in [6, 6.07) is 0.448. The summed E-state index contributed by atoms with van der Waals surface area (Å²) in [6.07, 6.45) is 6.68. The van der Waals surface area contributed by atoms with E-state index in [1.165, 1.54) is 19.3 Å². The number of guanidine groups is 1. The Morgan fingerprint density at radius 2 is 2.14 bits per heavy atom. The average molecular weight is 408 g/mol. The van der Waals surface area contributed by atoms with Gasteiger partial charge in [0.1, 0.15) is 6.54 Å². The number of nitrogens with zero attached hydrogens (tertiary/aromatic N) is 2. The minimum atomic E-state index is 0. The Bertz CT molecular complexity index is 358. The third-order valence-corrected chi connectivity index (χ3v) is 3.56. The second kappa shape index (κ2) is 10.9. The highest BCUT2D eigenvalue weighted by Gasteiger charge is 2.19. The van der Waals surface area contributed by atoms with Crippen molar-refractivity contribution in [1.29, 1.82) is 0 Å². The molecule has 0 radical (unpaired) electrons. The highest BCUT2D eigenvalue weighted by molar-refractivity contribution is 14.0. The smallest absolute Gasteiger partial charge is 0.243 e. The van der Waals surface area contributed by atoms with E-state index in [2.05, 4.69) is 29.1 Å². The van der Waals surface area contributed by atoms with E-state index < -0.39 is 0 Å². The topological polar surface area (TPSA) is 56.7 Å². The van der Waals surface area contributed by atoms with Gasteiger partial charge in [-0.2, -0.15) is 0 Å². The van der Waals surface area contributed by atoms with Crippen LogP contribution in [0.4, 0.5) is 0 Å². The first kappa shape index (κ1) is 20.2. The van der Waals surface area contributed by atoms with E-state index in [1.807, 2.05) is 0 Å². The van der Waals surface area contributed by atoms with Crippen LogP contribution < -0.4 is 10.6 Å². The van der Waals surface area contributed by atoms with Gasteiger partial charge in [0.25, 0.3) is 0 Å². The Labute approximate surface area is 145 Å². The van der Waals surface area contributed by atoms with E-state index in [0.717, 1.165) is 12.3 Å². The van der Waals surface area contributed by atoms with E-state index >= 15 is 0 Å². The Kier molecular flexibility index (Phi) is 10.5. The Morgan fingerprint density at radius 3 is 2.71 bits per heavy atom. The molecule has 2 atom stereocenters. The Hall–Kier alpha value is -0.790. The monoisotopic (exact) mass is 408 g/mol. The maximum atomic E-state index is 11.6. The van der Waals surface area contributed by atoms with Gasteiger partial charge in [-0.15, -0.1) is 30.6 Å². The SMILES string of the molecule is C=CCNC(=NCC(=O)N(C)C)NC1CCCC(C)C1.I. The van der Waals surface area contributed by atoms with Crippen molar-refractivity contribution >= 4 is 35.8 Å². The van der Waals surface area contributed by atoms with Gasteiger partial charge in [0.05, 0.1) is 0 Å². The number of carbonyl (C=O) groups excluding carboxylic acids is 1. The first-order valence-electron chi connectivity index (χ1n) is 7.38. The second-order valence-corrected chi connectivity index (χ2v) is 5.74. The predicted molar refractivity (Wildman–Crippen MR) is 99.2 cm³/mol. The van der Waals surface area contributed by atoms with Crippen molar-refractivity contribution in [2.24, 2.45) is 10.9 Å². The van der Waals surface area contributed by atoms with Crippen molar-refractivity contribution in [3.63, 3.8) is 0 Å². The molecule has 0 aliphatic heterocycles. The fraction of sp³-hybridized carbons (Fsp3) is 0.733. The molecular weight excluding hydrogens is 379 g/mol. The predicted octanol–water partition coefficient (Wildman–Crippen LogP) is 1.99. The van der Waals surface area contributed by atoms with E-state index in [9.17, 15) is 4.79 Å². The third-order valence-electron chi connectivity index (χ3n) is 3.56. The number of likely N-dealkylation sites (N-methyl/N-ethyl adjacent to an activating group) is 1. The lowest BCUT2D eigenvalue weighted by atomic mass is 9.87. The van der Waals surface area contributed by atoms with Crippen molar-refractivity contribution in [3.05, 3.63) is 12.7 Å². The maximum absolute atomic E-state index is 11.6. The molecule has 6 heteroatoms. The zero-order valence-electron chi connectivity index (χ0n) is 13.4. The van der Waals surface area contributed by atoms with Gasteiger partial charge < -0.3 is 15.5 Å². The van der Waals surface area contributed by atoms with Crippen molar-refractivity contribution in [1.82, 2.24) is 15.5 Å². The fourth-order valence-electron chi connectivity index (χ4n) is 2.37. The lowest BCUT2D eigenvalue weighted by molar-refractivity contribution is -0.127. The van der Waals surface area contributed by atoms with Crippen LogP contribution in [-0.4, -0.2) is 50.0 Å². The molecular formula is C15H29IN4O. The number of halogens is 1.